The highest BCUT2D eigenvalue weighted by Gasteiger charge is 2.31. The molecule has 0 saturated carbocycles. The summed E-state index contributed by atoms with van der Waals surface area (Å²) in [6.07, 6.45) is 3.56. The van der Waals surface area contributed by atoms with Crippen LogP contribution in [0, 0.1) is 0 Å². The Bertz CT molecular complexity index is 912. The summed E-state index contributed by atoms with van der Waals surface area (Å²) in [7, 11) is 0. The van der Waals surface area contributed by atoms with Crippen molar-refractivity contribution in [3.63, 3.8) is 0 Å². The zero-order valence-corrected chi connectivity index (χ0v) is 14.6. The minimum absolute atomic E-state index is 0.0456. The molecule has 2 heterocycles. The van der Waals surface area contributed by atoms with E-state index in [1.165, 1.54) is 0 Å². The highest BCUT2D eigenvalue weighted by atomic mass is 79.9. The molecule has 1 atom stereocenters. The van der Waals surface area contributed by atoms with Crippen LogP contribution in [0.25, 0.3) is 11.0 Å². The normalized spacial score (nSPS) is 17.4. The fourth-order valence-electron chi connectivity index (χ4n) is 3.28. The van der Waals surface area contributed by atoms with E-state index in [1.54, 1.807) is 6.20 Å². The minimum atomic E-state index is -0.0456. The summed E-state index contributed by atoms with van der Waals surface area (Å²) in [6.45, 7) is 0.754. The zero-order chi connectivity index (χ0) is 16.5. The van der Waals surface area contributed by atoms with Gasteiger partial charge in [-0.2, -0.15) is 0 Å². The summed E-state index contributed by atoms with van der Waals surface area (Å²) in [5.74, 6) is -0.0456. The SMILES string of the molecule is O=C(c1cnc2ccccc2n1)N1CCCC1c1cccc(Br)c1. The first-order valence-corrected chi connectivity index (χ1v) is 8.80. The lowest BCUT2D eigenvalue weighted by atomic mass is 10.0. The van der Waals surface area contributed by atoms with Crippen molar-refractivity contribution < 1.29 is 4.79 Å². The number of nitrogens with zero attached hydrogens (tertiary/aromatic N) is 3. The van der Waals surface area contributed by atoms with Crippen LogP contribution in [-0.4, -0.2) is 27.3 Å². The highest BCUT2D eigenvalue weighted by molar-refractivity contribution is 9.10. The molecule has 4 nitrogen and oxygen atoms in total. The number of hydrogen-bond donors (Lipinski definition) is 0. The number of aromatic nitrogens is 2. The van der Waals surface area contributed by atoms with Crippen LogP contribution < -0.4 is 0 Å². The molecule has 24 heavy (non-hydrogen) atoms. The molecule has 0 radical (unpaired) electrons. The molecule has 1 aliphatic heterocycles. The van der Waals surface area contributed by atoms with Crippen LogP contribution in [0.5, 0.6) is 0 Å². The topological polar surface area (TPSA) is 46.1 Å². The third kappa shape index (κ3) is 2.80. The Balaban J connectivity index is 1.66. The number of halogens is 1. The Kier molecular flexibility index (Phi) is 4.02. The van der Waals surface area contributed by atoms with Gasteiger partial charge in [-0.05, 0) is 42.7 Å². The fourth-order valence-corrected chi connectivity index (χ4v) is 3.69. The average molecular weight is 382 g/mol. The van der Waals surface area contributed by atoms with E-state index in [-0.39, 0.29) is 11.9 Å². The smallest absolute Gasteiger partial charge is 0.274 e. The first kappa shape index (κ1) is 15.3. The van der Waals surface area contributed by atoms with Crippen molar-refractivity contribution in [3.8, 4) is 0 Å². The standard InChI is InChI=1S/C19H16BrN3O/c20-14-6-3-5-13(11-14)18-9-4-10-23(18)19(24)17-12-21-15-7-1-2-8-16(15)22-17/h1-3,5-8,11-12,18H,4,9-10H2. The Morgan fingerprint density at radius 2 is 1.96 bits per heavy atom. The van der Waals surface area contributed by atoms with Crippen LogP contribution in [0.15, 0.2) is 59.2 Å². The van der Waals surface area contributed by atoms with Gasteiger partial charge in [-0.3, -0.25) is 9.78 Å². The molecule has 120 valence electrons. The summed E-state index contributed by atoms with van der Waals surface area (Å²) in [5, 5.41) is 0. The van der Waals surface area contributed by atoms with Gasteiger partial charge in [0.05, 0.1) is 23.3 Å². The van der Waals surface area contributed by atoms with Crippen molar-refractivity contribution in [2.45, 2.75) is 18.9 Å². The van der Waals surface area contributed by atoms with Gasteiger partial charge in [0.2, 0.25) is 0 Å². The van der Waals surface area contributed by atoms with E-state index in [4.69, 9.17) is 0 Å². The van der Waals surface area contributed by atoms with Crippen LogP contribution in [0.2, 0.25) is 0 Å². The highest BCUT2D eigenvalue weighted by Crippen LogP contribution is 2.34. The van der Waals surface area contributed by atoms with Gasteiger partial charge in [0.15, 0.2) is 0 Å². The quantitative estimate of drug-likeness (QED) is 0.661. The summed E-state index contributed by atoms with van der Waals surface area (Å²) in [4.78, 5) is 23.8. The maximum absolute atomic E-state index is 13.0. The fraction of sp³-hybridized carbons (Fsp3) is 0.211. The number of para-hydroxylation sites is 2. The van der Waals surface area contributed by atoms with E-state index in [9.17, 15) is 4.79 Å². The van der Waals surface area contributed by atoms with E-state index in [0.29, 0.717) is 5.69 Å². The van der Waals surface area contributed by atoms with Gasteiger partial charge in [0, 0.05) is 11.0 Å². The van der Waals surface area contributed by atoms with Gasteiger partial charge >= 0.3 is 0 Å². The average Bonchev–Trinajstić information content (AvgIpc) is 3.10. The predicted molar refractivity (Wildman–Crippen MR) is 96.7 cm³/mol. The second kappa shape index (κ2) is 6.32. The molecule has 1 fully saturated rings. The van der Waals surface area contributed by atoms with Gasteiger partial charge in [0.1, 0.15) is 5.69 Å². The Morgan fingerprint density at radius 3 is 2.79 bits per heavy atom. The van der Waals surface area contributed by atoms with Crippen molar-refractivity contribution in [3.05, 3.63) is 70.5 Å². The first-order valence-electron chi connectivity index (χ1n) is 8.00. The molecule has 1 saturated heterocycles. The number of rotatable bonds is 2. The van der Waals surface area contributed by atoms with Gasteiger partial charge < -0.3 is 4.90 Å². The molecule has 0 bridgehead atoms. The van der Waals surface area contributed by atoms with Crippen molar-refractivity contribution >= 4 is 32.9 Å². The second-order valence-electron chi connectivity index (χ2n) is 5.96. The maximum atomic E-state index is 13.0. The molecule has 4 rings (SSSR count). The van der Waals surface area contributed by atoms with E-state index in [1.807, 2.05) is 41.3 Å². The maximum Gasteiger partial charge on any atom is 0.274 e. The summed E-state index contributed by atoms with van der Waals surface area (Å²) in [5.41, 5.74) is 3.13. The van der Waals surface area contributed by atoms with Gasteiger partial charge in [0.25, 0.3) is 5.91 Å². The number of hydrogen-bond acceptors (Lipinski definition) is 3. The number of amides is 1. The Hall–Kier alpha value is -2.27. The summed E-state index contributed by atoms with van der Waals surface area (Å²) in [6, 6.07) is 15.9. The minimum Gasteiger partial charge on any atom is -0.330 e. The van der Waals surface area contributed by atoms with Crippen molar-refractivity contribution in [1.82, 2.24) is 14.9 Å². The van der Waals surface area contributed by atoms with Gasteiger partial charge in [-0.25, -0.2) is 4.98 Å². The monoisotopic (exact) mass is 381 g/mol. The lowest BCUT2D eigenvalue weighted by Crippen LogP contribution is -2.31. The van der Waals surface area contributed by atoms with E-state index in [0.717, 1.165) is 40.5 Å². The van der Waals surface area contributed by atoms with Gasteiger partial charge in [-0.1, -0.05) is 40.2 Å². The van der Waals surface area contributed by atoms with Crippen molar-refractivity contribution in [2.24, 2.45) is 0 Å². The van der Waals surface area contributed by atoms with Gasteiger partial charge in [-0.15, -0.1) is 0 Å². The van der Waals surface area contributed by atoms with E-state index < -0.39 is 0 Å². The molecule has 0 spiro atoms. The molecular formula is C19H16BrN3O. The molecule has 1 unspecified atom stereocenters. The molecular weight excluding hydrogens is 366 g/mol. The van der Waals surface area contributed by atoms with Crippen molar-refractivity contribution in [2.75, 3.05) is 6.54 Å². The number of fused-ring (bicyclic) bond motifs is 1. The van der Waals surface area contributed by atoms with Crippen LogP contribution in [-0.2, 0) is 0 Å². The number of carbonyl (C=O) groups is 1. The predicted octanol–water partition coefficient (Wildman–Crippen LogP) is 4.37. The molecule has 0 N–H and O–H groups in total. The Labute approximate surface area is 148 Å². The van der Waals surface area contributed by atoms with Crippen molar-refractivity contribution in [1.29, 1.82) is 0 Å². The van der Waals surface area contributed by atoms with Crippen LogP contribution in [0.1, 0.15) is 34.9 Å². The number of likely N-dealkylation sites (tertiary alicyclic amines) is 1. The molecule has 3 aromatic rings. The first-order chi connectivity index (χ1) is 11.7. The zero-order valence-electron chi connectivity index (χ0n) is 13.0. The number of carbonyl (C=O) groups excluding carboxylic acids is 1. The third-order valence-electron chi connectivity index (χ3n) is 4.41. The molecule has 1 aromatic heterocycles. The lowest BCUT2D eigenvalue weighted by molar-refractivity contribution is 0.0729. The molecule has 1 amide bonds. The number of benzene rings is 2. The molecule has 0 aliphatic carbocycles. The van der Waals surface area contributed by atoms with Crippen LogP contribution in [0.3, 0.4) is 0 Å². The van der Waals surface area contributed by atoms with E-state index >= 15 is 0 Å². The molecule has 1 aliphatic rings. The van der Waals surface area contributed by atoms with E-state index in [2.05, 4.69) is 38.0 Å². The van der Waals surface area contributed by atoms with Crippen LogP contribution >= 0.6 is 15.9 Å². The second-order valence-corrected chi connectivity index (χ2v) is 6.87. The summed E-state index contributed by atoms with van der Waals surface area (Å²) < 4.78 is 1.03. The molecule has 5 heteroatoms. The lowest BCUT2D eigenvalue weighted by Gasteiger charge is -2.25. The largest absolute Gasteiger partial charge is 0.330 e. The Morgan fingerprint density at radius 1 is 1.12 bits per heavy atom. The third-order valence-corrected chi connectivity index (χ3v) is 4.91. The molecule has 2 aromatic carbocycles. The van der Waals surface area contributed by atoms with Crippen LogP contribution in [0.4, 0.5) is 0 Å². The summed E-state index contributed by atoms with van der Waals surface area (Å²) >= 11 is 3.51.